The predicted octanol–water partition coefficient (Wildman–Crippen LogP) is 3.24. The lowest BCUT2D eigenvalue weighted by Gasteiger charge is -2.14. The van der Waals surface area contributed by atoms with Crippen LogP contribution in [-0.4, -0.2) is 39.2 Å². The van der Waals surface area contributed by atoms with Gasteiger partial charge < -0.3 is 19.4 Å². The summed E-state index contributed by atoms with van der Waals surface area (Å²) in [4.78, 5) is 15.1. The summed E-state index contributed by atoms with van der Waals surface area (Å²) in [5.41, 5.74) is 2.91. The number of hydrogen-bond donors (Lipinski definition) is 1. The van der Waals surface area contributed by atoms with Gasteiger partial charge in [0.2, 0.25) is 5.43 Å². The fraction of sp³-hybridized carbons (Fsp3) is 0.316. The van der Waals surface area contributed by atoms with Gasteiger partial charge in [-0.2, -0.15) is 0 Å². The minimum absolute atomic E-state index is 0.0406. The van der Waals surface area contributed by atoms with Gasteiger partial charge in [0, 0.05) is 18.8 Å². The molecule has 0 aliphatic carbocycles. The summed E-state index contributed by atoms with van der Waals surface area (Å²) >= 11 is 0. The van der Waals surface area contributed by atoms with E-state index in [0.717, 1.165) is 24.3 Å². The molecule has 3 rings (SSSR count). The smallest absolute Gasteiger partial charge is 0.202 e. The first-order valence-electron chi connectivity index (χ1n) is 7.94. The molecule has 0 saturated heterocycles. The van der Waals surface area contributed by atoms with E-state index in [-0.39, 0.29) is 5.43 Å². The van der Waals surface area contributed by atoms with E-state index in [2.05, 4.69) is 10.2 Å². The molecule has 0 atom stereocenters. The van der Waals surface area contributed by atoms with E-state index >= 15 is 0 Å². The molecule has 126 valence electrons. The maximum atomic E-state index is 13.1. The van der Waals surface area contributed by atoms with Crippen molar-refractivity contribution in [3.8, 4) is 5.75 Å². The topological polar surface area (TPSA) is 54.7 Å². The predicted molar refractivity (Wildman–Crippen MR) is 98.3 cm³/mol. The Morgan fingerprint density at radius 1 is 1.21 bits per heavy atom. The molecule has 0 radical (unpaired) electrons. The zero-order valence-corrected chi connectivity index (χ0v) is 14.5. The van der Waals surface area contributed by atoms with Gasteiger partial charge in [-0.25, -0.2) is 0 Å². The standard InChI is InChI=1S/C19H22N2O3/c1-12-5-7-15(20-9-10-21(2)3)17-18(22)14-11-13(23-4)6-8-16(14)24-19(12)17/h5-8,11,20H,9-10H2,1-4H3. The van der Waals surface area contributed by atoms with E-state index in [9.17, 15) is 4.79 Å². The van der Waals surface area contributed by atoms with Gasteiger partial charge in [-0.3, -0.25) is 4.79 Å². The molecule has 0 unspecified atom stereocenters. The summed E-state index contributed by atoms with van der Waals surface area (Å²) in [5.74, 6) is 0.643. The van der Waals surface area contributed by atoms with E-state index < -0.39 is 0 Å². The van der Waals surface area contributed by atoms with Crippen LogP contribution in [0.1, 0.15) is 5.56 Å². The van der Waals surface area contributed by atoms with Crippen LogP contribution < -0.4 is 15.5 Å². The van der Waals surface area contributed by atoms with Crippen molar-refractivity contribution in [2.45, 2.75) is 6.92 Å². The van der Waals surface area contributed by atoms with Gasteiger partial charge >= 0.3 is 0 Å². The van der Waals surface area contributed by atoms with Crippen LogP contribution in [-0.2, 0) is 0 Å². The first-order chi connectivity index (χ1) is 11.5. The average molecular weight is 326 g/mol. The molecule has 2 aromatic carbocycles. The van der Waals surface area contributed by atoms with E-state index in [4.69, 9.17) is 9.15 Å². The maximum Gasteiger partial charge on any atom is 0.202 e. The first kappa shape index (κ1) is 16.3. The van der Waals surface area contributed by atoms with Gasteiger partial charge in [0.15, 0.2) is 0 Å². The summed E-state index contributed by atoms with van der Waals surface area (Å²) in [6.07, 6.45) is 0. The molecule has 3 aromatic rings. The minimum Gasteiger partial charge on any atom is -0.497 e. The second-order valence-corrected chi connectivity index (χ2v) is 6.16. The first-order valence-corrected chi connectivity index (χ1v) is 7.94. The third-order valence-corrected chi connectivity index (χ3v) is 4.10. The van der Waals surface area contributed by atoms with Crippen molar-refractivity contribution in [1.82, 2.24) is 4.90 Å². The molecule has 24 heavy (non-hydrogen) atoms. The Morgan fingerprint density at radius 3 is 2.71 bits per heavy atom. The molecule has 1 heterocycles. The molecule has 1 N–H and O–H groups in total. The maximum absolute atomic E-state index is 13.1. The Kier molecular flexibility index (Phi) is 4.44. The van der Waals surface area contributed by atoms with E-state index in [1.54, 1.807) is 25.3 Å². The molecule has 0 aliphatic heterocycles. The highest BCUT2D eigenvalue weighted by Gasteiger charge is 2.14. The largest absolute Gasteiger partial charge is 0.497 e. The molecule has 5 heteroatoms. The van der Waals surface area contributed by atoms with Crippen molar-refractivity contribution < 1.29 is 9.15 Å². The van der Waals surface area contributed by atoms with Crippen molar-refractivity contribution in [2.24, 2.45) is 0 Å². The molecule has 0 fully saturated rings. The van der Waals surface area contributed by atoms with Crippen LogP contribution >= 0.6 is 0 Å². The van der Waals surface area contributed by atoms with E-state index in [1.165, 1.54) is 0 Å². The second kappa shape index (κ2) is 6.53. The number of ether oxygens (including phenoxy) is 1. The molecule has 0 aliphatic rings. The Hall–Kier alpha value is -2.53. The number of fused-ring (bicyclic) bond motifs is 2. The molecule has 0 spiro atoms. The fourth-order valence-electron chi connectivity index (χ4n) is 2.75. The van der Waals surface area contributed by atoms with Crippen LogP contribution in [0.15, 0.2) is 39.5 Å². The van der Waals surface area contributed by atoms with Gasteiger partial charge in [0.25, 0.3) is 0 Å². The molecule has 0 saturated carbocycles. The van der Waals surface area contributed by atoms with Crippen molar-refractivity contribution >= 4 is 27.6 Å². The SMILES string of the molecule is COc1ccc2oc3c(C)ccc(NCCN(C)C)c3c(=O)c2c1. The summed E-state index contributed by atoms with van der Waals surface area (Å²) < 4.78 is 11.3. The van der Waals surface area contributed by atoms with Crippen LogP contribution in [0.2, 0.25) is 0 Å². The molecule has 5 nitrogen and oxygen atoms in total. The highest BCUT2D eigenvalue weighted by atomic mass is 16.5. The number of anilines is 1. The Bertz CT molecular complexity index is 945. The summed E-state index contributed by atoms with van der Waals surface area (Å²) in [6.45, 7) is 3.58. The average Bonchev–Trinajstić information content (AvgIpc) is 2.57. The normalized spacial score (nSPS) is 11.4. The molecule has 0 bridgehead atoms. The molecular formula is C19H22N2O3. The number of nitrogens with one attached hydrogen (secondary N) is 1. The molecular weight excluding hydrogens is 304 g/mol. The van der Waals surface area contributed by atoms with E-state index in [0.29, 0.717) is 27.7 Å². The third-order valence-electron chi connectivity index (χ3n) is 4.10. The Balaban J connectivity index is 2.21. The van der Waals surface area contributed by atoms with Gasteiger partial charge in [0.1, 0.15) is 16.9 Å². The summed E-state index contributed by atoms with van der Waals surface area (Å²) in [6, 6.07) is 9.22. The van der Waals surface area contributed by atoms with Crippen molar-refractivity contribution in [3.63, 3.8) is 0 Å². The number of aryl methyl sites for hydroxylation is 1. The quantitative estimate of drug-likeness (QED) is 0.730. The lowest BCUT2D eigenvalue weighted by atomic mass is 10.1. The van der Waals surface area contributed by atoms with Crippen LogP contribution in [0.5, 0.6) is 5.75 Å². The summed E-state index contributed by atoms with van der Waals surface area (Å²) in [5, 5.41) is 4.47. The molecule has 0 amide bonds. The number of hydrogen-bond acceptors (Lipinski definition) is 5. The lowest BCUT2D eigenvalue weighted by Crippen LogP contribution is -2.21. The van der Waals surface area contributed by atoms with E-state index in [1.807, 2.05) is 33.2 Å². The van der Waals surface area contributed by atoms with Crippen LogP contribution in [0, 0.1) is 6.92 Å². The van der Waals surface area contributed by atoms with Crippen molar-refractivity contribution in [3.05, 3.63) is 46.1 Å². The zero-order valence-electron chi connectivity index (χ0n) is 14.5. The number of methoxy groups -OCH3 is 1. The van der Waals surface area contributed by atoms with Crippen LogP contribution in [0.3, 0.4) is 0 Å². The second-order valence-electron chi connectivity index (χ2n) is 6.16. The number of likely N-dealkylation sites (N-methyl/N-ethyl adjacent to an activating group) is 1. The number of benzene rings is 2. The number of rotatable bonds is 5. The Labute approximate surface area is 140 Å². The van der Waals surface area contributed by atoms with Gasteiger partial charge in [-0.1, -0.05) is 6.07 Å². The zero-order chi connectivity index (χ0) is 17.3. The third kappa shape index (κ3) is 2.95. The molecule has 1 aromatic heterocycles. The number of nitrogens with zero attached hydrogens (tertiary/aromatic N) is 1. The highest BCUT2D eigenvalue weighted by Crippen LogP contribution is 2.28. The minimum atomic E-state index is -0.0406. The van der Waals surface area contributed by atoms with Gasteiger partial charge in [-0.15, -0.1) is 0 Å². The highest BCUT2D eigenvalue weighted by molar-refractivity contribution is 5.98. The van der Waals surface area contributed by atoms with Crippen LogP contribution in [0.25, 0.3) is 21.9 Å². The summed E-state index contributed by atoms with van der Waals surface area (Å²) in [7, 11) is 5.62. The van der Waals surface area contributed by atoms with Crippen molar-refractivity contribution in [2.75, 3.05) is 39.6 Å². The fourth-order valence-corrected chi connectivity index (χ4v) is 2.75. The van der Waals surface area contributed by atoms with Gasteiger partial charge in [0.05, 0.1) is 17.9 Å². The monoisotopic (exact) mass is 326 g/mol. The van der Waals surface area contributed by atoms with Gasteiger partial charge in [-0.05, 0) is 50.8 Å². The lowest BCUT2D eigenvalue weighted by molar-refractivity contribution is 0.415. The Morgan fingerprint density at radius 2 is 2.00 bits per heavy atom. The van der Waals surface area contributed by atoms with Crippen LogP contribution in [0.4, 0.5) is 5.69 Å². The van der Waals surface area contributed by atoms with Crippen molar-refractivity contribution in [1.29, 1.82) is 0 Å².